The molecule has 0 spiro atoms. The summed E-state index contributed by atoms with van der Waals surface area (Å²) in [6.45, 7) is 2.88. The summed E-state index contributed by atoms with van der Waals surface area (Å²) in [6, 6.07) is 3.61. The lowest BCUT2D eigenvalue weighted by molar-refractivity contribution is 0.122. The molecule has 2 aliphatic rings. The van der Waals surface area contributed by atoms with Crippen LogP contribution in [0.3, 0.4) is 0 Å². The first kappa shape index (κ1) is 11.0. The van der Waals surface area contributed by atoms with Gasteiger partial charge in [0, 0.05) is 19.1 Å². The Labute approximate surface area is 100 Å². The van der Waals surface area contributed by atoms with Crippen molar-refractivity contribution in [1.82, 2.24) is 0 Å². The Bertz CT molecular complexity index is 430. The van der Waals surface area contributed by atoms with E-state index in [1.165, 1.54) is 5.56 Å². The van der Waals surface area contributed by atoms with E-state index in [1.807, 2.05) is 6.07 Å². The van der Waals surface area contributed by atoms with Crippen LogP contribution in [0.5, 0.6) is 0 Å². The Morgan fingerprint density at radius 3 is 2.82 bits per heavy atom. The lowest BCUT2D eigenvalue weighted by Gasteiger charge is -2.29. The third-order valence-corrected chi connectivity index (χ3v) is 3.68. The summed E-state index contributed by atoms with van der Waals surface area (Å²) in [5.74, 6) is -0.150. The maximum Gasteiger partial charge on any atom is 0.146 e. The molecule has 2 N–H and O–H groups in total. The van der Waals surface area contributed by atoms with Gasteiger partial charge in [-0.1, -0.05) is 0 Å². The Morgan fingerprint density at radius 1 is 1.29 bits per heavy atom. The zero-order valence-electron chi connectivity index (χ0n) is 9.79. The van der Waals surface area contributed by atoms with Crippen LogP contribution in [0, 0.1) is 5.82 Å². The third kappa shape index (κ3) is 1.91. The predicted molar refractivity (Wildman–Crippen MR) is 64.7 cm³/mol. The number of nitrogens with zero attached hydrogens (tertiary/aromatic N) is 1. The highest BCUT2D eigenvalue weighted by Crippen LogP contribution is 2.34. The highest BCUT2D eigenvalue weighted by Gasteiger charge is 2.23. The van der Waals surface area contributed by atoms with Crippen LogP contribution >= 0.6 is 0 Å². The molecule has 1 saturated heterocycles. The molecule has 1 atom stereocenters. The van der Waals surface area contributed by atoms with E-state index in [-0.39, 0.29) is 11.9 Å². The van der Waals surface area contributed by atoms with Gasteiger partial charge in [0.1, 0.15) is 5.82 Å². The van der Waals surface area contributed by atoms with Crippen molar-refractivity contribution < 1.29 is 9.13 Å². The minimum Gasteiger partial charge on any atom is -0.378 e. The second-order valence-corrected chi connectivity index (χ2v) is 4.75. The summed E-state index contributed by atoms with van der Waals surface area (Å²) in [5, 5.41) is 0. The molecule has 1 aromatic rings. The Hall–Kier alpha value is -1.13. The second-order valence-electron chi connectivity index (χ2n) is 4.75. The molecule has 0 radical (unpaired) electrons. The molecular formula is C13H17FN2O. The lowest BCUT2D eigenvalue weighted by Crippen LogP contribution is -2.36. The molecule has 92 valence electrons. The number of rotatable bonds is 1. The minimum atomic E-state index is -0.150. The first-order chi connectivity index (χ1) is 8.25. The fraction of sp³-hybridized carbons (Fsp3) is 0.538. The van der Waals surface area contributed by atoms with Crippen LogP contribution in [-0.4, -0.2) is 26.3 Å². The molecule has 0 amide bonds. The topological polar surface area (TPSA) is 38.5 Å². The van der Waals surface area contributed by atoms with Gasteiger partial charge in [0.2, 0.25) is 0 Å². The smallest absolute Gasteiger partial charge is 0.146 e. The first-order valence-electron chi connectivity index (χ1n) is 6.16. The molecule has 0 aromatic heterocycles. The lowest BCUT2D eigenvalue weighted by atomic mass is 10.1. The van der Waals surface area contributed by atoms with E-state index < -0.39 is 0 Å². The summed E-state index contributed by atoms with van der Waals surface area (Å²) in [4.78, 5) is 2.06. The summed E-state index contributed by atoms with van der Waals surface area (Å²) in [7, 11) is 0. The maximum absolute atomic E-state index is 14.1. The molecule has 1 aromatic carbocycles. The van der Waals surface area contributed by atoms with Crippen molar-refractivity contribution >= 4 is 5.69 Å². The van der Waals surface area contributed by atoms with Crippen LogP contribution in [-0.2, 0) is 11.2 Å². The summed E-state index contributed by atoms with van der Waals surface area (Å²) >= 11 is 0. The van der Waals surface area contributed by atoms with E-state index >= 15 is 0 Å². The van der Waals surface area contributed by atoms with Crippen LogP contribution in [0.25, 0.3) is 0 Å². The third-order valence-electron chi connectivity index (χ3n) is 3.68. The molecule has 3 nitrogen and oxygen atoms in total. The van der Waals surface area contributed by atoms with Crippen LogP contribution in [0.2, 0.25) is 0 Å². The molecule has 4 heteroatoms. The number of hydrogen-bond acceptors (Lipinski definition) is 3. The van der Waals surface area contributed by atoms with E-state index in [4.69, 9.17) is 10.5 Å². The van der Waals surface area contributed by atoms with E-state index in [0.717, 1.165) is 31.5 Å². The second kappa shape index (κ2) is 4.27. The van der Waals surface area contributed by atoms with Gasteiger partial charge in [0.05, 0.1) is 18.9 Å². The number of halogens is 1. The highest BCUT2D eigenvalue weighted by atomic mass is 19.1. The van der Waals surface area contributed by atoms with E-state index in [0.29, 0.717) is 18.9 Å². The van der Waals surface area contributed by atoms with Crippen LogP contribution < -0.4 is 10.6 Å². The summed E-state index contributed by atoms with van der Waals surface area (Å²) in [5.41, 5.74) is 8.85. The average molecular weight is 236 g/mol. The number of benzene rings is 1. The normalized spacial score (nSPS) is 23.9. The zero-order chi connectivity index (χ0) is 11.8. The molecule has 17 heavy (non-hydrogen) atoms. The quantitative estimate of drug-likeness (QED) is 0.805. The van der Waals surface area contributed by atoms with Crippen molar-refractivity contribution in [2.24, 2.45) is 5.73 Å². The average Bonchev–Trinajstić information content (AvgIpc) is 2.71. The Morgan fingerprint density at radius 2 is 2.06 bits per heavy atom. The molecule has 1 heterocycles. The number of hydrogen-bond donors (Lipinski definition) is 1. The van der Waals surface area contributed by atoms with Gasteiger partial charge in [-0.3, -0.25) is 0 Å². The van der Waals surface area contributed by atoms with Crippen molar-refractivity contribution in [3.8, 4) is 0 Å². The Balaban J connectivity index is 1.95. The number of morpholine rings is 1. The SMILES string of the molecule is NC1CCc2cc(N3CCOCC3)c(F)cc21. The molecule has 1 unspecified atom stereocenters. The molecule has 0 bridgehead atoms. The van der Waals surface area contributed by atoms with Gasteiger partial charge in [-0.25, -0.2) is 4.39 Å². The number of anilines is 1. The summed E-state index contributed by atoms with van der Waals surface area (Å²) < 4.78 is 19.4. The fourth-order valence-electron chi connectivity index (χ4n) is 2.70. The van der Waals surface area contributed by atoms with Gasteiger partial charge in [-0.05, 0) is 36.1 Å². The number of ether oxygens (including phenoxy) is 1. The van der Waals surface area contributed by atoms with Crippen molar-refractivity contribution in [3.63, 3.8) is 0 Å². The van der Waals surface area contributed by atoms with Crippen LogP contribution in [0.15, 0.2) is 12.1 Å². The maximum atomic E-state index is 14.1. The summed E-state index contributed by atoms with van der Waals surface area (Å²) in [6.07, 6.45) is 1.90. The van der Waals surface area contributed by atoms with Gasteiger partial charge in [0.15, 0.2) is 0 Å². The molecule has 3 rings (SSSR count). The predicted octanol–water partition coefficient (Wildman–Crippen LogP) is 1.61. The first-order valence-corrected chi connectivity index (χ1v) is 6.16. The van der Waals surface area contributed by atoms with E-state index in [9.17, 15) is 4.39 Å². The van der Waals surface area contributed by atoms with Crippen molar-refractivity contribution in [1.29, 1.82) is 0 Å². The molecule has 1 fully saturated rings. The van der Waals surface area contributed by atoms with Crippen molar-refractivity contribution in [3.05, 3.63) is 29.1 Å². The molecule has 1 aliphatic heterocycles. The van der Waals surface area contributed by atoms with Crippen molar-refractivity contribution in [2.75, 3.05) is 31.2 Å². The van der Waals surface area contributed by atoms with Gasteiger partial charge >= 0.3 is 0 Å². The van der Waals surface area contributed by atoms with Gasteiger partial charge in [0.25, 0.3) is 0 Å². The monoisotopic (exact) mass is 236 g/mol. The van der Waals surface area contributed by atoms with Crippen LogP contribution in [0.4, 0.5) is 10.1 Å². The van der Waals surface area contributed by atoms with E-state index in [2.05, 4.69) is 4.90 Å². The van der Waals surface area contributed by atoms with E-state index in [1.54, 1.807) is 6.07 Å². The van der Waals surface area contributed by atoms with Crippen molar-refractivity contribution in [2.45, 2.75) is 18.9 Å². The molecule has 0 saturated carbocycles. The molecular weight excluding hydrogens is 219 g/mol. The number of fused-ring (bicyclic) bond motifs is 1. The zero-order valence-corrected chi connectivity index (χ0v) is 9.79. The fourth-order valence-corrected chi connectivity index (χ4v) is 2.70. The van der Waals surface area contributed by atoms with Crippen LogP contribution in [0.1, 0.15) is 23.6 Å². The van der Waals surface area contributed by atoms with Gasteiger partial charge in [-0.2, -0.15) is 0 Å². The Kier molecular flexibility index (Phi) is 2.76. The number of aryl methyl sites for hydroxylation is 1. The number of nitrogens with two attached hydrogens (primary N) is 1. The molecule has 1 aliphatic carbocycles. The van der Waals surface area contributed by atoms with Gasteiger partial charge in [-0.15, -0.1) is 0 Å². The largest absolute Gasteiger partial charge is 0.378 e. The highest BCUT2D eigenvalue weighted by molar-refractivity contribution is 5.54. The standard InChI is InChI=1S/C13H17FN2O/c14-11-8-10-9(1-2-12(10)15)7-13(11)16-3-5-17-6-4-16/h7-8,12H,1-6,15H2. The minimum absolute atomic E-state index is 0.0123. The van der Waals surface area contributed by atoms with Gasteiger partial charge < -0.3 is 15.4 Å².